The normalized spacial score (nSPS) is 11.4. The lowest BCUT2D eigenvalue weighted by Crippen LogP contribution is -2.27. The molecule has 1 N–H and O–H groups in total. The Morgan fingerprint density at radius 1 is 1.00 bits per heavy atom. The molecule has 136 valence electrons. The maximum Gasteiger partial charge on any atom is 0.162 e. The van der Waals surface area contributed by atoms with Gasteiger partial charge in [0.05, 0.1) is 5.52 Å². The first-order chi connectivity index (χ1) is 12.6. The minimum Gasteiger partial charge on any atom is -0.369 e. The van der Waals surface area contributed by atoms with Crippen molar-refractivity contribution in [2.24, 2.45) is 0 Å². The quantitative estimate of drug-likeness (QED) is 0.617. The molecule has 3 aromatic rings. The summed E-state index contributed by atoms with van der Waals surface area (Å²) in [5, 5.41) is 4.58. The smallest absolute Gasteiger partial charge is 0.162 e. The number of fused-ring (bicyclic) bond motifs is 1. The summed E-state index contributed by atoms with van der Waals surface area (Å²) in [6.45, 7) is 6.48. The lowest BCUT2D eigenvalue weighted by Gasteiger charge is -2.20. The van der Waals surface area contributed by atoms with Crippen molar-refractivity contribution in [2.45, 2.75) is 32.7 Å². The van der Waals surface area contributed by atoms with Gasteiger partial charge in [-0.25, -0.2) is 9.97 Å². The van der Waals surface area contributed by atoms with Crippen molar-refractivity contribution < 1.29 is 0 Å². The predicted molar refractivity (Wildman–Crippen MR) is 108 cm³/mol. The van der Waals surface area contributed by atoms with Crippen molar-refractivity contribution in [1.29, 1.82) is 0 Å². The molecule has 0 amide bonds. The van der Waals surface area contributed by atoms with Gasteiger partial charge in [-0.1, -0.05) is 12.1 Å². The molecule has 26 heavy (non-hydrogen) atoms. The van der Waals surface area contributed by atoms with Gasteiger partial charge in [0, 0.05) is 35.9 Å². The molecule has 0 fully saturated rings. The average molecular weight is 349 g/mol. The largest absolute Gasteiger partial charge is 0.369 e. The van der Waals surface area contributed by atoms with Gasteiger partial charge in [0.2, 0.25) is 0 Å². The summed E-state index contributed by atoms with van der Waals surface area (Å²) < 4.78 is 0. The van der Waals surface area contributed by atoms with Crippen LogP contribution in [-0.2, 0) is 0 Å². The Hall–Kier alpha value is -2.53. The molecule has 5 heteroatoms. The molecular weight excluding hydrogens is 322 g/mol. The second-order valence-electron chi connectivity index (χ2n) is 6.86. The Balaban J connectivity index is 1.72. The van der Waals surface area contributed by atoms with Crippen LogP contribution in [0.5, 0.6) is 0 Å². The van der Waals surface area contributed by atoms with Crippen LogP contribution in [0.25, 0.3) is 22.3 Å². The van der Waals surface area contributed by atoms with Gasteiger partial charge >= 0.3 is 0 Å². The van der Waals surface area contributed by atoms with Crippen LogP contribution in [0.1, 0.15) is 26.7 Å². The number of nitrogens with zero attached hydrogens (tertiary/aromatic N) is 4. The molecule has 0 radical (unpaired) electrons. The van der Waals surface area contributed by atoms with Crippen molar-refractivity contribution in [3.8, 4) is 11.4 Å². The molecule has 0 aliphatic carbocycles. The Bertz CT molecular complexity index is 832. The number of hydrogen-bond acceptors (Lipinski definition) is 5. The average Bonchev–Trinajstić information content (AvgIpc) is 2.67. The fourth-order valence-corrected chi connectivity index (χ4v) is 2.79. The second kappa shape index (κ2) is 8.72. The van der Waals surface area contributed by atoms with Crippen LogP contribution in [0.2, 0.25) is 0 Å². The zero-order valence-electron chi connectivity index (χ0n) is 15.8. The second-order valence-corrected chi connectivity index (χ2v) is 6.86. The molecule has 0 spiro atoms. The molecule has 2 aromatic heterocycles. The highest BCUT2D eigenvalue weighted by atomic mass is 15.1. The zero-order chi connectivity index (χ0) is 18.4. The molecular formula is C21H27N5. The third-order valence-electron chi connectivity index (χ3n) is 4.65. The van der Waals surface area contributed by atoms with Gasteiger partial charge in [-0.2, -0.15) is 0 Å². The first kappa shape index (κ1) is 18.3. The highest BCUT2D eigenvalue weighted by Crippen LogP contribution is 2.24. The van der Waals surface area contributed by atoms with E-state index in [-0.39, 0.29) is 0 Å². The molecule has 5 nitrogen and oxygen atoms in total. The highest BCUT2D eigenvalue weighted by molar-refractivity contribution is 5.90. The Kier molecular flexibility index (Phi) is 6.12. The van der Waals surface area contributed by atoms with Gasteiger partial charge in [0.15, 0.2) is 5.82 Å². The number of rotatable bonds is 8. The highest BCUT2D eigenvalue weighted by Gasteiger charge is 2.09. The lowest BCUT2D eigenvalue weighted by atomic mass is 10.2. The summed E-state index contributed by atoms with van der Waals surface area (Å²) in [7, 11) is 2.18. The van der Waals surface area contributed by atoms with Gasteiger partial charge in [-0.3, -0.25) is 4.98 Å². The molecule has 0 saturated heterocycles. The van der Waals surface area contributed by atoms with Crippen LogP contribution in [0.15, 0.2) is 48.8 Å². The number of nitrogens with one attached hydrogen (secondary N) is 1. The fourth-order valence-electron chi connectivity index (χ4n) is 2.79. The van der Waals surface area contributed by atoms with Crippen LogP contribution >= 0.6 is 0 Å². The number of unbranched alkanes of at least 4 members (excludes halogenated alkanes) is 1. The van der Waals surface area contributed by atoms with Gasteiger partial charge in [0.25, 0.3) is 0 Å². The first-order valence-electron chi connectivity index (χ1n) is 9.26. The van der Waals surface area contributed by atoms with Gasteiger partial charge < -0.3 is 10.2 Å². The number of aromatic nitrogens is 3. The van der Waals surface area contributed by atoms with E-state index in [1.807, 2.05) is 30.3 Å². The Labute approximate surface area is 155 Å². The molecule has 0 atom stereocenters. The zero-order valence-corrected chi connectivity index (χ0v) is 15.8. The van der Waals surface area contributed by atoms with E-state index in [4.69, 9.17) is 9.97 Å². The lowest BCUT2D eigenvalue weighted by molar-refractivity contribution is 0.269. The summed E-state index contributed by atoms with van der Waals surface area (Å²) in [6, 6.07) is 12.6. The van der Waals surface area contributed by atoms with E-state index in [0.717, 1.165) is 47.6 Å². The number of pyridine rings is 1. The van der Waals surface area contributed by atoms with Crippen molar-refractivity contribution >= 4 is 16.7 Å². The fraction of sp³-hybridized carbons (Fsp3) is 0.381. The van der Waals surface area contributed by atoms with E-state index in [1.54, 1.807) is 12.4 Å². The van der Waals surface area contributed by atoms with Crippen LogP contribution in [0.4, 0.5) is 5.82 Å². The van der Waals surface area contributed by atoms with Crippen molar-refractivity contribution in [1.82, 2.24) is 19.9 Å². The molecule has 3 rings (SSSR count). The molecule has 0 bridgehead atoms. The van der Waals surface area contributed by atoms with Crippen molar-refractivity contribution in [3.63, 3.8) is 0 Å². The third-order valence-corrected chi connectivity index (χ3v) is 4.65. The van der Waals surface area contributed by atoms with Gasteiger partial charge in [-0.05, 0) is 64.5 Å². The minimum absolute atomic E-state index is 0.594. The SMILES string of the molecule is CC(C)N(C)CCCCNc1nc(-c2ccncc2)nc2ccccc12. The van der Waals surface area contributed by atoms with Crippen molar-refractivity contribution in [2.75, 3.05) is 25.5 Å². The van der Waals surface area contributed by atoms with E-state index in [0.29, 0.717) is 6.04 Å². The van der Waals surface area contributed by atoms with Crippen LogP contribution in [0.3, 0.4) is 0 Å². The molecule has 1 aromatic carbocycles. The van der Waals surface area contributed by atoms with E-state index < -0.39 is 0 Å². The summed E-state index contributed by atoms with van der Waals surface area (Å²) in [5.74, 6) is 1.63. The van der Waals surface area contributed by atoms with Crippen molar-refractivity contribution in [3.05, 3.63) is 48.8 Å². The van der Waals surface area contributed by atoms with E-state index in [2.05, 4.69) is 42.2 Å². The van der Waals surface area contributed by atoms with Crippen LogP contribution in [-0.4, -0.2) is 46.0 Å². The summed E-state index contributed by atoms with van der Waals surface area (Å²) in [6.07, 6.45) is 5.82. The Morgan fingerprint density at radius 3 is 2.54 bits per heavy atom. The molecule has 0 aliphatic rings. The summed E-state index contributed by atoms with van der Waals surface area (Å²) >= 11 is 0. The summed E-state index contributed by atoms with van der Waals surface area (Å²) in [4.78, 5) is 15.9. The first-order valence-corrected chi connectivity index (χ1v) is 9.26. The van der Waals surface area contributed by atoms with E-state index in [1.165, 1.54) is 6.42 Å². The number of benzene rings is 1. The molecule has 0 aliphatic heterocycles. The van der Waals surface area contributed by atoms with Crippen LogP contribution < -0.4 is 5.32 Å². The predicted octanol–water partition coefficient (Wildman–Crippen LogP) is 4.22. The maximum atomic E-state index is 4.77. The molecule has 0 unspecified atom stereocenters. The van der Waals surface area contributed by atoms with Gasteiger partial charge in [0.1, 0.15) is 5.82 Å². The topological polar surface area (TPSA) is 53.9 Å². The minimum atomic E-state index is 0.594. The maximum absolute atomic E-state index is 4.77. The van der Waals surface area contributed by atoms with Crippen LogP contribution in [0, 0.1) is 0 Å². The number of anilines is 1. The van der Waals surface area contributed by atoms with E-state index >= 15 is 0 Å². The standard InChI is InChI=1S/C21H27N5/c1-16(2)26(3)15-7-6-12-23-21-18-8-4-5-9-19(18)24-20(25-21)17-10-13-22-14-11-17/h4-5,8-11,13-14,16H,6-7,12,15H2,1-3H3,(H,23,24,25). The number of para-hydroxylation sites is 1. The monoisotopic (exact) mass is 349 g/mol. The molecule has 2 heterocycles. The van der Waals surface area contributed by atoms with Gasteiger partial charge in [-0.15, -0.1) is 0 Å². The summed E-state index contributed by atoms with van der Waals surface area (Å²) in [5.41, 5.74) is 1.93. The van der Waals surface area contributed by atoms with E-state index in [9.17, 15) is 0 Å². The number of hydrogen-bond donors (Lipinski definition) is 1. The third kappa shape index (κ3) is 4.55. The molecule has 0 saturated carbocycles. The Morgan fingerprint density at radius 2 is 1.77 bits per heavy atom.